The fourth-order valence-corrected chi connectivity index (χ4v) is 5.14. The van der Waals surface area contributed by atoms with E-state index in [9.17, 15) is 34.5 Å². The minimum absolute atomic E-state index is 0.0617. The SMILES string of the molecule is COC(=O)c1cc2cc3c(c(O)c2c(=O)o1)OC1(CC3)CC2=C(O1)C(=O)c1c(O)c(OC)cc(O)c1C2=O. The Hall–Kier alpha value is -5.00. The molecule has 194 valence electrons. The molecule has 2 aliphatic heterocycles. The molecule has 1 unspecified atom stereocenters. The predicted octanol–water partition coefficient (Wildman–Crippen LogP) is 2.48. The number of methoxy groups -OCH3 is 2. The first-order chi connectivity index (χ1) is 18.1. The van der Waals surface area contributed by atoms with Crippen LogP contribution in [-0.4, -0.2) is 52.9 Å². The van der Waals surface area contributed by atoms with Crippen LogP contribution in [0.4, 0.5) is 0 Å². The fraction of sp³-hybridized carbons (Fsp3) is 0.231. The number of allylic oxidation sites excluding steroid dienone is 1. The Kier molecular flexibility index (Phi) is 4.77. The molecule has 3 heterocycles. The molecule has 0 fully saturated rings. The molecule has 3 N–H and O–H groups in total. The molecular weight excluding hydrogens is 504 g/mol. The van der Waals surface area contributed by atoms with Crippen LogP contribution in [0, 0.1) is 0 Å². The molecule has 38 heavy (non-hydrogen) atoms. The minimum atomic E-state index is -1.59. The van der Waals surface area contributed by atoms with Gasteiger partial charge in [-0.25, -0.2) is 9.59 Å². The number of Topliss-reactive ketones (excluding diaryl/α,β-unsaturated/α-hetero) is 2. The van der Waals surface area contributed by atoms with Crippen molar-refractivity contribution in [3.8, 4) is 28.7 Å². The Bertz CT molecular complexity index is 1730. The van der Waals surface area contributed by atoms with Crippen LogP contribution in [0.3, 0.4) is 0 Å². The van der Waals surface area contributed by atoms with Gasteiger partial charge in [-0.2, -0.15) is 0 Å². The number of phenolic OH excluding ortho intramolecular Hbond substituents is 3. The Morgan fingerprint density at radius 3 is 2.45 bits per heavy atom. The second kappa shape index (κ2) is 7.75. The summed E-state index contributed by atoms with van der Waals surface area (Å²) < 4.78 is 26.5. The minimum Gasteiger partial charge on any atom is -0.507 e. The van der Waals surface area contributed by atoms with Gasteiger partial charge in [-0.05, 0) is 29.5 Å². The van der Waals surface area contributed by atoms with Crippen LogP contribution >= 0.6 is 0 Å². The number of carbonyl (C=O) groups is 3. The van der Waals surface area contributed by atoms with Crippen molar-refractivity contribution >= 4 is 28.3 Å². The highest BCUT2D eigenvalue weighted by atomic mass is 16.7. The highest BCUT2D eigenvalue weighted by Gasteiger charge is 2.53. The van der Waals surface area contributed by atoms with E-state index in [1.54, 1.807) is 6.07 Å². The van der Waals surface area contributed by atoms with Gasteiger partial charge in [0.1, 0.15) is 11.1 Å². The van der Waals surface area contributed by atoms with Gasteiger partial charge in [0.05, 0.1) is 37.3 Å². The van der Waals surface area contributed by atoms with Gasteiger partial charge in [0.2, 0.25) is 11.5 Å². The predicted molar refractivity (Wildman–Crippen MR) is 125 cm³/mol. The molecule has 0 amide bonds. The van der Waals surface area contributed by atoms with Gasteiger partial charge in [-0.1, -0.05) is 0 Å². The van der Waals surface area contributed by atoms with Crippen molar-refractivity contribution in [2.45, 2.75) is 25.0 Å². The average Bonchev–Trinajstić information content (AvgIpc) is 3.27. The number of aryl methyl sites for hydroxylation is 1. The van der Waals surface area contributed by atoms with Gasteiger partial charge in [-0.3, -0.25) is 9.59 Å². The summed E-state index contributed by atoms with van der Waals surface area (Å²) in [6.07, 6.45) is 0.180. The number of benzene rings is 2. The maximum atomic E-state index is 13.3. The third-order valence-corrected chi connectivity index (χ3v) is 6.91. The number of aromatic hydroxyl groups is 3. The highest BCUT2D eigenvalue weighted by Crippen LogP contribution is 2.52. The molecule has 1 atom stereocenters. The van der Waals surface area contributed by atoms with Crippen molar-refractivity contribution < 1.29 is 53.1 Å². The Morgan fingerprint density at radius 1 is 0.974 bits per heavy atom. The molecule has 2 aromatic carbocycles. The normalized spacial score (nSPS) is 19.5. The van der Waals surface area contributed by atoms with Crippen molar-refractivity contribution in [3.05, 3.63) is 62.4 Å². The largest absolute Gasteiger partial charge is 0.507 e. The van der Waals surface area contributed by atoms with Gasteiger partial charge in [-0.15, -0.1) is 0 Å². The number of hydrogen-bond acceptors (Lipinski definition) is 12. The van der Waals surface area contributed by atoms with Crippen LogP contribution in [0.1, 0.15) is 49.7 Å². The zero-order valence-corrected chi connectivity index (χ0v) is 19.9. The second-order valence-corrected chi connectivity index (χ2v) is 9.02. The van der Waals surface area contributed by atoms with E-state index in [1.807, 2.05) is 0 Å². The quantitative estimate of drug-likeness (QED) is 0.331. The zero-order chi connectivity index (χ0) is 27.1. The third kappa shape index (κ3) is 3.03. The molecule has 1 aromatic heterocycles. The zero-order valence-electron chi connectivity index (χ0n) is 19.9. The maximum Gasteiger partial charge on any atom is 0.374 e. The summed E-state index contributed by atoms with van der Waals surface area (Å²) >= 11 is 0. The van der Waals surface area contributed by atoms with E-state index in [0.29, 0.717) is 5.56 Å². The smallest absolute Gasteiger partial charge is 0.374 e. The van der Waals surface area contributed by atoms with E-state index in [-0.39, 0.29) is 64.2 Å². The standard InChI is InChI=1S/C26H18O12/c1-34-13-7-12(27)16-17(19(13)29)21(31)23-11(18(16)28)8-26(38-23)4-3-9-5-10-6-14(24(32)35-2)36-25(33)15(10)20(30)22(9)37-26/h5-7,27,29-30H,3-4,8H2,1-2H3. The van der Waals surface area contributed by atoms with Crippen LogP contribution in [0.5, 0.6) is 28.7 Å². The van der Waals surface area contributed by atoms with Crippen molar-refractivity contribution in [1.29, 1.82) is 0 Å². The molecule has 3 aromatic rings. The summed E-state index contributed by atoms with van der Waals surface area (Å²) in [5, 5.41) is 31.9. The van der Waals surface area contributed by atoms with Gasteiger partial charge in [0.15, 0.2) is 34.5 Å². The van der Waals surface area contributed by atoms with Crippen molar-refractivity contribution in [1.82, 2.24) is 0 Å². The molecule has 12 nitrogen and oxygen atoms in total. The molecule has 1 spiro atoms. The summed E-state index contributed by atoms with van der Waals surface area (Å²) in [6, 6.07) is 3.85. The van der Waals surface area contributed by atoms with E-state index >= 15 is 0 Å². The summed E-state index contributed by atoms with van der Waals surface area (Å²) in [4.78, 5) is 51.0. The Morgan fingerprint density at radius 2 is 1.74 bits per heavy atom. The van der Waals surface area contributed by atoms with Gasteiger partial charge < -0.3 is 38.7 Å². The van der Waals surface area contributed by atoms with Gasteiger partial charge in [0, 0.05) is 12.5 Å². The van der Waals surface area contributed by atoms with Gasteiger partial charge in [0.25, 0.3) is 5.79 Å². The first kappa shape index (κ1) is 23.4. The van der Waals surface area contributed by atoms with Crippen LogP contribution in [0.25, 0.3) is 10.8 Å². The Labute approximate surface area is 212 Å². The maximum absolute atomic E-state index is 13.3. The number of esters is 1. The summed E-state index contributed by atoms with van der Waals surface area (Å²) in [5.41, 5.74) is -1.41. The summed E-state index contributed by atoms with van der Waals surface area (Å²) in [6.45, 7) is 0. The molecule has 1 aliphatic carbocycles. The molecule has 0 saturated heterocycles. The van der Waals surface area contributed by atoms with E-state index in [2.05, 4.69) is 4.74 Å². The molecular formula is C26H18O12. The van der Waals surface area contributed by atoms with Crippen molar-refractivity contribution in [3.63, 3.8) is 0 Å². The number of hydrogen-bond donors (Lipinski definition) is 3. The van der Waals surface area contributed by atoms with E-state index in [4.69, 9.17) is 18.6 Å². The highest BCUT2D eigenvalue weighted by molar-refractivity contribution is 6.28. The molecule has 12 heteroatoms. The van der Waals surface area contributed by atoms with Crippen LogP contribution in [0.2, 0.25) is 0 Å². The number of phenols is 3. The topological polar surface area (TPSA) is 179 Å². The lowest BCUT2D eigenvalue weighted by Gasteiger charge is -2.35. The lowest BCUT2D eigenvalue weighted by Crippen LogP contribution is -2.40. The lowest BCUT2D eigenvalue weighted by molar-refractivity contribution is -0.148. The number of fused-ring (bicyclic) bond motifs is 3. The van der Waals surface area contributed by atoms with E-state index in [0.717, 1.165) is 13.2 Å². The van der Waals surface area contributed by atoms with Crippen LogP contribution in [0.15, 0.2) is 38.7 Å². The second-order valence-electron chi connectivity index (χ2n) is 9.02. The van der Waals surface area contributed by atoms with Crippen molar-refractivity contribution in [2.24, 2.45) is 0 Å². The number of ketones is 2. The van der Waals surface area contributed by atoms with E-state index in [1.165, 1.54) is 13.2 Å². The number of carbonyl (C=O) groups excluding carboxylic acids is 3. The van der Waals surface area contributed by atoms with Crippen molar-refractivity contribution in [2.75, 3.05) is 14.2 Å². The van der Waals surface area contributed by atoms with E-state index < -0.39 is 51.8 Å². The summed E-state index contributed by atoms with van der Waals surface area (Å²) in [7, 11) is 2.36. The monoisotopic (exact) mass is 522 g/mol. The fourth-order valence-electron chi connectivity index (χ4n) is 5.14. The lowest BCUT2D eigenvalue weighted by atomic mass is 9.84. The molecule has 0 saturated carbocycles. The number of rotatable bonds is 2. The molecule has 3 aliphatic rings. The molecule has 0 bridgehead atoms. The first-order valence-corrected chi connectivity index (χ1v) is 11.3. The van der Waals surface area contributed by atoms with Crippen LogP contribution < -0.4 is 15.1 Å². The van der Waals surface area contributed by atoms with Gasteiger partial charge >= 0.3 is 11.6 Å². The molecule has 0 radical (unpaired) electrons. The Balaban J connectivity index is 1.40. The van der Waals surface area contributed by atoms with Crippen LogP contribution in [-0.2, 0) is 15.9 Å². The average molecular weight is 522 g/mol. The third-order valence-electron chi connectivity index (χ3n) is 6.91. The molecule has 6 rings (SSSR count). The first-order valence-electron chi connectivity index (χ1n) is 11.3. The number of ether oxygens (including phenoxy) is 4. The summed E-state index contributed by atoms with van der Waals surface area (Å²) in [5.74, 6) is -6.74.